The number of aldehydes is 1. The maximum absolute atomic E-state index is 10.1. The Morgan fingerprint density at radius 1 is 1.36 bits per heavy atom. The predicted molar refractivity (Wildman–Crippen MR) is 44.4 cm³/mol. The molecule has 1 unspecified atom stereocenters. The zero-order valence-electron chi connectivity index (χ0n) is 7.48. The van der Waals surface area contributed by atoms with E-state index in [0.29, 0.717) is 6.29 Å². The average molecular weight is 206 g/mol. The van der Waals surface area contributed by atoms with Gasteiger partial charge < -0.3 is 30.0 Å². The molecule has 1 aliphatic heterocycles. The van der Waals surface area contributed by atoms with E-state index in [-0.39, 0.29) is 13.0 Å². The van der Waals surface area contributed by atoms with Crippen molar-refractivity contribution in [2.75, 3.05) is 6.61 Å². The summed E-state index contributed by atoms with van der Waals surface area (Å²) in [4.78, 5) is 10.1. The van der Waals surface area contributed by atoms with Crippen molar-refractivity contribution in [1.82, 2.24) is 0 Å². The lowest BCUT2D eigenvalue weighted by atomic mass is 9.95. The summed E-state index contributed by atoms with van der Waals surface area (Å²) in [5.74, 6) is 0. The van der Waals surface area contributed by atoms with Crippen molar-refractivity contribution in [2.24, 2.45) is 0 Å². The van der Waals surface area contributed by atoms with Crippen LogP contribution in [0.4, 0.5) is 0 Å². The van der Waals surface area contributed by atoms with E-state index in [1.807, 2.05) is 0 Å². The quantitative estimate of drug-likeness (QED) is 0.378. The smallest absolute Gasteiger partial charge is 0.122 e. The number of carbonyl (C=O) groups is 1. The van der Waals surface area contributed by atoms with E-state index in [1.165, 1.54) is 0 Å². The molecule has 6 nitrogen and oxygen atoms in total. The van der Waals surface area contributed by atoms with Gasteiger partial charge in [0.1, 0.15) is 30.7 Å². The molecule has 1 aliphatic rings. The molecule has 1 rings (SSSR count). The lowest BCUT2D eigenvalue weighted by molar-refractivity contribution is -0.210. The van der Waals surface area contributed by atoms with Gasteiger partial charge in [0.15, 0.2) is 0 Å². The molecule has 0 spiro atoms. The number of aliphatic hydroxyl groups excluding tert-OH is 4. The van der Waals surface area contributed by atoms with Crippen LogP contribution in [0.2, 0.25) is 0 Å². The second kappa shape index (κ2) is 4.81. The maximum atomic E-state index is 10.1. The van der Waals surface area contributed by atoms with Crippen LogP contribution in [0.1, 0.15) is 6.42 Å². The molecule has 0 aromatic rings. The molecule has 82 valence electrons. The summed E-state index contributed by atoms with van der Waals surface area (Å²) in [6.45, 7) is -0.168. The molecular formula is C8H14O6. The van der Waals surface area contributed by atoms with Crippen LogP contribution < -0.4 is 0 Å². The first kappa shape index (κ1) is 11.5. The molecule has 0 saturated carbocycles. The molecule has 0 radical (unpaired) electrons. The van der Waals surface area contributed by atoms with Crippen molar-refractivity contribution in [3.05, 3.63) is 0 Å². The largest absolute Gasteiger partial charge is 0.390 e. The van der Waals surface area contributed by atoms with Crippen molar-refractivity contribution in [2.45, 2.75) is 36.9 Å². The Labute approximate surface area is 80.7 Å². The fourth-order valence-corrected chi connectivity index (χ4v) is 1.40. The van der Waals surface area contributed by atoms with Gasteiger partial charge >= 0.3 is 0 Å². The first-order valence-electron chi connectivity index (χ1n) is 4.35. The zero-order chi connectivity index (χ0) is 10.7. The molecule has 5 atom stereocenters. The van der Waals surface area contributed by atoms with Crippen molar-refractivity contribution in [1.29, 1.82) is 0 Å². The van der Waals surface area contributed by atoms with Crippen LogP contribution in [0.25, 0.3) is 0 Å². The third-order valence-electron chi connectivity index (χ3n) is 2.26. The van der Waals surface area contributed by atoms with Gasteiger partial charge in [-0.25, -0.2) is 0 Å². The normalized spacial score (nSPS) is 40.6. The summed E-state index contributed by atoms with van der Waals surface area (Å²) < 4.78 is 4.92. The second-order valence-electron chi connectivity index (χ2n) is 3.32. The van der Waals surface area contributed by atoms with E-state index in [0.717, 1.165) is 0 Å². The van der Waals surface area contributed by atoms with E-state index in [2.05, 4.69) is 0 Å². The Balaban J connectivity index is 2.58. The van der Waals surface area contributed by atoms with Crippen molar-refractivity contribution in [3.63, 3.8) is 0 Å². The van der Waals surface area contributed by atoms with Crippen LogP contribution in [0.3, 0.4) is 0 Å². The number of rotatable bonds is 3. The number of hydrogen-bond donors (Lipinski definition) is 4. The van der Waals surface area contributed by atoms with Gasteiger partial charge in [-0.05, 0) is 0 Å². The highest BCUT2D eigenvalue weighted by molar-refractivity contribution is 5.50. The highest BCUT2D eigenvalue weighted by Crippen LogP contribution is 2.19. The minimum Gasteiger partial charge on any atom is -0.390 e. The Hall–Kier alpha value is -0.530. The fourth-order valence-electron chi connectivity index (χ4n) is 1.40. The van der Waals surface area contributed by atoms with Gasteiger partial charge in [0.2, 0.25) is 0 Å². The molecule has 1 fully saturated rings. The molecule has 14 heavy (non-hydrogen) atoms. The fraction of sp³-hybridized carbons (Fsp3) is 0.875. The summed E-state index contributed by atoms with van der Waals surface area (Å²) in [5, 5.41) is 37.1. The molecule has 0 aromatic heterocycles. The monoisotopic (exact) mass is 206 g/mol. The van der Waals surface area contributed by atoms with Crippen LogP contribution >= 0.6 is 0 Å². The van der Waals surface area contributed by atoms with Gasteiger partial charge in [-0.15, -0.1) is 0 Å². The second-order valence-corrected chi connectivity index (χ2v) is 3.32. The number of ether oxygens (including phenoxy) is 1. The Morgan fingerprint density at radius 2 is 2.00 bits per heavy atom. The van der Waals surface area contributed by atoms with Gasteiger partial charge in [0.25, 0.3) is 0 Å². The minimum absolute atomic E-state index is 0.168. The highest BCUT2D eigenvalue weighted by Gasteiger charge is 2.40. The molecule has 6 heteroatoms. The van der Waals surface area contributed by atoms with Crippen molar-refractivity contribution >= 4 is 6.29 Å². The third-order valence-corrected chi connectivity index (χ3v) is 2.26. The first-order valence-corrected chi connectivity index (χ1v) is 4.35. The van der Waals surface area contributed by atoms with E-state index < -0.39 is 30.5 Å². The average Bonchev–Trinajstić information content (AvgIpc) is 2.15. The van der Waals surface area contributed by atoms with E-state index in [4.69, 9.17) is 9.84 Å². The minimum atomic E-state index is -1.38. The summed E-state index contributed by atoms with van der Waals surface area (Å²) in [5.41, 5.74) is 0. The van der Waals surface area contributed by atoms with Crippen LogP contribution in [0.15, 0.2) is 0 Å². The Bertz CT molecular complexity index is 196. The van der Waals surface area contributed by atoms with Gasteiger partial charge in [0.05, 0.1) is 12.7 Å². The molecule has 1 heterocycles. The van der Waals surface area contributed by atoms with Crippen LogP contribution in [0, 0.1) is 0 Å². The van der Waals surface area contributed by atoms with E-state index >= 15 is 0 Å². The maximum Gasteiger partial charge on any atom is 0.122 e. The summed E-state index contributed by atoms with van der Waals surface area (Å²) >= 11 is 0. The third kappa shape index (κ3) is 2.28. The standard InChI is InChI=1S/C8H14O6/c9-2-1-4(10)8-7(13)6(12)5(11)3-14-8/h2,4-8,10-13H,1,3H2/t4?,5-,6-,7+,8-/m1/s1. The Kier molecular flexibility index (Phi) is 3.97. The van der Waals surface area contributed by atoms with Crippen LogP contribution in [-0.4, -0.2) is 63.8 Å². The van der Waals surface area contributed by atoms with Gasteiger partial charge in [-0.1, -0.05) is 0 Å². The van der Waals surface area contributed by atoms with Crippen LogP contribution in [-0.2, 0) is 9.53 Å². The molecule has 0 aliphatic carbocycles. The first-order chi connectivity index (χ1) is 6.57. The highest BCUT2D eigenvalue weighted by atomic mass is 16.5. The van der Waals surface area contributed by atoms with E-state index in [1.54, 1.807) is 0 Å². The van der Waals surface area contributed by atoms with Crippen molar-refractivity contribution < 1.29 is 30.0 Å². The molecule has 1 saturated heterocycles. The Morgan fingerprint density at radius 3 is 2.57 bits per heavy atom. The lowest BCUT2D eigenvalue weighted by Gasteiger charge is -2.37. The number of aliphatic hydroxyl groups is 4. The number of hydrogen-bond acceptors (Lipinski definition) is 6. The van der Waals surface area contributed by atoms with Crippen LogP contribution in [0.5, 0.6) is 0 Å². The van der Waals surface area contributed by atoms with Gasteiger partial charge in [0, 0.05) is 6.42 Å². The predicted octanol–water partition coefficient (Wildman–Crippen LogP) is -2.58. The van der Waals surface area contributed by atoms with E-state index in [9.17, 15) is 20.1 Å². The molecule has 0 aromatic carbocycles. The number of carbonyl (C=O) groups excluding carboxylic acids is 1. The SMILES string of the molecule is O=CCC(O)[C@H]1OC[C@@H](O)[C@@H](O)[C@@H]1O. The summed E-state index contributed by atoms with van der Waals surface area (Å²) in [6, 6.07) is 0. The topological polar surface area (TPSA) is 107 Å². The lowest BCUT2D eigenvalue weighted by Crippen LogP contribution is -2.56. The molecule has 4 N–H and O–H groups in total. The van der Waals surface area contributed by atoms with Crippen molar-refractivity contribution in [3.8, 4) is 0 Å². The van der Waals surface area contributed by atoms with Gasteiger partial charge in [-0.2, -0.15) is 0 Å². The molecule has 0 bridgehead atoms. The zero-order valence-corrected chi connectivity index (χ0v) is 7.48. The summed E-state index contributed by atoms with van der Waals surface area (Å²) in [7, 11) is 0. The molecular weight excluding hydrogens is 192 g/mol. The van der Waals surface area contributed by atoms with Gasteiger partial charge in [-0.3, -0.25) is 0 Å². The summed E-state index contributed by atoms with van der Waals surface area (Å²) in [6.07, 6.45) is -5.76. The molecule has 0 amide bonds.